The highest BCUT2D eigenvalue weighted by Gasteiger charge is 2.41. The number of thioether (sulfide) groups is 1. The molecule has 1 atom stereocenters. The molecule has 0 saturated carbocycles. The summed E-state index contributed by atoms with van der Waals surface area (Å²) in [5.41, 5.74) is 2.67. The lowest BCUT2D eigenvalue weighted by atomic mass is 9.93. The molecule has 2 aromatic rings. The lowest BCUT2D eigenvalue weighted by Crippen LogP contribution is -2.37. The van der Waals surface area contributed by atoms with Crippen molar-refractivity contribution in [3.63, 3.8) is 0 Å². The van der Waals surface area contributed by atoms with Gasteiger partial charge in [0.2, 0.25) is 5.91 Å². The van der Waals surface area contributed by atoms with Gasteiger partial charge in [0.05, 0.1) is 30.3 Å². The predicted molar refractivity (Wildman–Crippen MR) is 134 cm³/mol. The van der Waals surface area contributed by atoms with Crippen molar-refractivity contribution in [2.45, 2.75) is 19.4 Å². The lowest BCUT2D eigenvalue weighted by molar-refractivity contribution is -0.141. The molecule has 7 nitrogen and oxygen atoms in total. The highest BCUT2D eigenvalue weighted by molar-refractivity contribution is 8.16. The molecule has 0 aliphatic carbocycles. The van der Waals surface area contributed by atoms with Crippen LogP contribution in [0.4, 0.5) is 10.1 Å². The van der Waals surface area contributed by atoms with Crippen LogP contribution >= 0.6 is 23.4 Å². The van der Waals surface area contributed by atoms with E-state index in [1.807, 2.05) is 28.5 Å². The first-order chi connectivity index (χ1) is 16.9. The van der Waals surface area contributed by atoms with Gasteiger partial charge in [0.25, 0.3) is 0 Å². The molecule has 0 unspecified atom stereocenters. The molecule has 0 radical (unpaired) electrons. The smallest absolute Gasteiger partial charge is 0.338 e. The van der Waals surface area contributed by atoms with Gasteiger partial charge in [-0.3, -0.25) is 4.79 Å². The maximum Gasteiger partial charge on any atom is 0.338 e. The average molecular weight is 516 g/mol. The first-order valence-corrected chi connectivity index (χ1v) is 12.0. The fourth-order valence-corrected chi connectivity index (χ4v) is 5.02. The number of aliphatic imine (C=N–C) groups is 1. The number of esters is 1. The molecule has 1 amide bonds. The van der Waals surface area contributed by atoms with Gasteiger partial charge in [0, 0.05) is 23.5 Å². The third kappa shape index (κ3) is 5.58. The maximum atomic E-state index is 13.2. The molecular weight excluding hydrogens is 493 g/mol. The standard InChI is InChI=1S/C25H23ClFN3O4S/c1-15-22(24(32)34-12-11-33-2)23(19-5-3-4-6-20(19)26)30-18(14-35-25(30)28-15)13-21(31)29-17-9-7-16(27)8-10-17/h3-10,14,23H,11-13H2,1-2H3,(H,29,31)/t23-/m0/s1. The average Bonchev–Trinajstić information content (AvgIpc) is 3.22. The van der Waals surface area contributed by atoms with Gasteiger partial charge in [-0.15, -0.1) is 0 Å². The number of nitrogens with one attached hydrogen (secondary N) is 1. The highest BCUT2D eigenvalue weighted by Crippen LogP contribution is 2.46. The van der Waals surface area contributed by atoms with Crippen LogP contribution in [0.1, 0.15) is 24.9 Å². The number of anilines is 1. The van der Waals surface area contributed by atoms with E-state index in [4.69, 9.17) is 21.1 Å². The lowest BCUT2D eigenvalue weighted by Gasteiger charge is -2.36. The Labute approximate surface area is 211 Å². The van der Waals surface area contributed by atoms with Crippen LogP contribution in [0.15, 0.2) is 75.9 Å². The zero-order chi connectivity index (χ0) is 24.9. The number of hydrogen-bond acceptors (Lipinski definition) is 7. The van der Waals surface area contributed by atoms with E-state index in [1.54, 1.807) is 13.0 Å². The Morgan fingerprint density at radius 3 is 2.63 bits per heavy atom. The fraction of sp³-hybridized carbons (Fsp3) is 0.240. The second-order valence-electron chi connectivity index (χ2n) is 7.78. The first kappa shape index (κ1) is 25.0. The Kier molecular flexibility index (Phi) is 7.90. The monoisotopic (exact) mass is 515 g/mol. The van der Waals surface area contributed by atoms with Gasteiger partial charge in [-0.05, 0) is 48.2 Å². The summed E-state index contributed by atoms with van der Waals surface area (Å²) in [5, 5.41) is 5.70. The van der Waals surface area contributed by atoms with Crippen LogP contribution in [0.3, 0.4) is 0 Å². The van der Waals surface area contributed by atoms with E-state index in [1.165, 1.54) is 43.1 Å². The topological polar surface area (TPSA) is 80.2 Å². The molecule has 0 bridgehead atoms. The summed E-state index contributed by atoms with van der Waals surface area (Å²) in [6.07, 6.45) is 0.00932. The minimum atomic E-state index is -0.633. The Bertz CT molecular complexity index is 1230. The van der Waals surface area contributed by atoms with Crippen molar-refractivity contribution in [2.24, 2.45) is 4.99 Å². The molecule has 2 aliphatic heterocycles. The zero-order valence-corrected chi connectivity index (χ0v) is 20.7. The third-order valence-electron chi connectivity index (χ3n) is 5.41. The summed E-state index contributed by atoms with van der Waals surface area (Å²) in [6.45, 7) is 2.11. The van der Waals surface area contributed by atoms with Crippen molar-refractivity contribution in [2.75, 3.05) is 25.6 Å². The number of carbonyl (C=O) groups excluding carboxylic acids is 2. The minimum absolute atomic E-state index is 0.00932. The van der Waals surface area contributed by atoms with Crippen molar-refractivity contribution in [1.29, 1.82) is 0 Å². The summed E-state index contributed by atoms with van der Waals surface area (Å²) in [5.74, 6) is -1.21. The normalized spacial score (nSPS) is 17.0. The zero-order valence-electron chi connectivity index (χ0n) is 19.1. The molecule has 0 saturated heterocycles. The number of halogens is 2. The van der Waals surface area contributed by atoms with Crippen LogP contribution < -0.4 is 5.32 Å². The molecule has 2 aliphatic rings. The Morgan fingerprint density at radius 2 is 1.91 bits per heavy atom. The van der Waals surface area contributed by atoms with Gasteiger partial charge in [-0.25, -0.2) is 14.2 Å². The van der Waals surface area contributed by atoms with Crippen molar-refractivity contribution in [1.82, 2.24) is 4.90 Å². The molecule has 35 heavy (non-hydrogen) atoms. The summed E-state index contributed by atoms with van der Waals surface area (Å²) < 4.78 is 23.6. The molecule has 4 rings (SSSR count). The fourth-order valence-electron chi connectivity index (χ4n) is 3.82. The van der Waals surface area contributed by atoms with E-state index in [2.05, 4.69) is 10.3 Å². The van der Waals surface area contributed by atoms with Crippen LogP contribution in [0.2, 0.25) is 5.02 Å². The number of allylic oxidation sites excluding steroid dienone is 1. The van der Waals surface area contributed by atoms with E-state index in [9.17, 15) is 14.0 Å². The van der Waals surface area contributed by atoms with Gasteiger partial charge in [-0.2, -0.15) is 0 Å². The molecule has 182 valence electrons. The predicted octanol–water partition coefficient (Wildman–Crippen LogP) is 5.27. The number of amidine groups is 1. The molecule has 0 aromatic heterocycles. The Hall–Kier alpha value is -3.14. The van der Waals surface area contributed by atoms with Crippen molar-refractivity contribution in [3.05, 3.63) is 87.3 Å². The van der Waals surface area contributed by atoms with E-state index in [0.717, 1.165) is 0 Å². The molecule has 0 fully saturated rings. The molecule has 2 aromatic carbocycles. The molecule has 10 heteroatoms. The minimum Gasteiger partial charge on any atom is -0.460 e. The largest absolute Gasteiger partial charge is 0.460 e. The SMILES string of the molecule is COCCOC(=O)C1=C(C)N=C2SC=C(CC(=O)Nc3ccc(F)cc3)N2[C@H]1c1ccccc1Cl. The number of carbonyl (C=O) groups is 2. The van der Waals surface area contributed by atoms with E-state index >= 15 is 0 Å². The van der Waals surface area contributed by atoms with Crippen LogP contribution in [-0.4, -0.2) is 42.3 Å². The van der Waals surface area contributed by atoms with E-state index in [-0.39, 0.29) is 31.4 Å². The third-order valence-corrected chi connectivity index (χ3v) is 6.64. The number of fused-ring (bicyclic) bond motifs is 1. The van der Waals surface area contributed by atoms with Gasteiger partial charge < -0.3 is 19.7 Å². The second kappa shape index (κ2) is 11.1. The number of nitrogens with zero attached hydrogens (tertiary/aromatic N) is 2. The van der Waals surface area contributed by atoms with Crippen molar-refractivity contribution < 1.29 is 23.5 Å². The van der Waals surface area contributed by atoms with Gasteiger partial charge in [0.1, 0.15) is 12.4 Å². The number of benzene rings is 2. The van der Waals surface area contributed by atoms with Crippen LogP contribution in [-0.2, 0) is 19.1 Å². The number of methoxy groups -OCH3 is 1. The molecule has 0 spiro atoms. The Balaban J connectivity index is 1.64. The first-order valence-electron chi connectivity index (χ1n) is 10.8. The van der Waals surface area contributed by atoms with Gasteiger partial charge in [-0.1, -0.05) is 41.6 Å². The summed E-state index contributed by atoms with van der Waals surface area (Å²) in [7, 11) is 1.53. The number of amides is 1. The second-order valence-corrected chi connectivity index (χ2v) is 9.02. The summed E-state index contributed by atoms with van der Waals surface area (Å²) in [4.78, 5) is 32.4. The van der Waals surface area contributed by atoms with Gasteiger partial charge in [0.15, 0.2) is 5.17 Å². The number of rotatable bonds is 8. The van der Waals surface area contributed by atoms with E-state index < -0.39 is 12.0 Å². The Morgan fingerprint density at radius 1 is 1.17 bits per heavy atom. The molecular formula is C25H23ClFN3O4S. The quantitative estimate of drug-likeness (QED) is 0.381. The van der Waals surface area contributed by atoms with Crippen molar-refractivity contribution >= 4 is 46.1 Å². The maximum absolute atomic E-state index is 13.2. The van der Waals surface area contributed by atoms with Crippen LogP contribution in [0.25, 0.3) is 0 Å². The van der Waals surface area contributed by atoms with Crippen molar-refractivity contribution in [3.8, 4) is 0 Å². The molecule has 1 N–H and O–H groups in total. The molecule has 2 heterocycles. The van der Waals surface area contributed by atoms with Crippen LogP contribution in [0.5, 0.6) is 0 Å². The van der Waals surface area contributed by atoms with E-state index in [0.29, 0.717) is 38.4 Å². The number of hydrogen-bond donors (Lipinski definition) is 1. The highest BCUT2D eigenvalue weighted by atomic mass is 35.5. The summed E-state index contributed by atoms with van der Waals surface area (Å²) in [6, 6.07) is 12.1. The number of ether oxygens (including phenoxy) is 2. The van der Waals surface area contributed by atoms with Crippen LogP contribution in [0, 0.1) is 5.82 Å². The van der Waals surface area contributed by atoms with Gasteiger partial charge >= 0.3 is 5.97 Å². The summed E-state index contributed by atoms with van der Waals surface area (Å²) >= 11 is 7.93.